The molecule has 6 atom stereocenters. The van der Waals surface area contributed by atoms with Gasteiger partial charge in [0.15, 0.2) is 0 Å². The summed E-state index contributed by atoms with van der Waals surface area (Å²) in [6, 6.07) is 12.3. The number of nitrogens with zero attached hydrogens (tertiary/aromatic N) is 4. The van der Waals surface area contributed by atoms with Crippen LogP contribution in [0.1, 0.15) is 95.2 Å². The molecule has 3 N–H and O–H groups in total. The number of ether oxygens (including phenoxy) is 2. The summed E-state index contributed by atoms with van der Waals surface area (Å²) in [6.07, 6.45) is 4.14. The van der Waals surface area contributed by atoms with Gasteiger partial charge in [-0.3, -0.25) is 14.0 Å². The highest BCUT2D eigenvalue weighted by Crippen LogP contribution is 2.45. The van der Waals surface area contributed by atoms with Gasteiger partial charge in [-0.05, 0) is 67.0 Å². The first-order chi connectivity index (χ1) is 26.9. The number of imidazole rings is 2. The van der Waals surface area contributed by atoms with Crippen LogP contribution >= 0.6 is 81.0 Å². The second-order valence-electron chi connectivity index (χ2n) is 16.3. The van der Waals surface area contributed by atoms with Gasteiger partial charge in [-0.1, -0.05) is 58.6 Å². The molecule has 1 spiro atoms. The van der Waals surface area contributed by atoms with E-state index in [0.29, 0.717) is 18.8 Å². The number of aromatic nitrogens is 4. The summed E-state index contributed by atoms with van der Waals surface area (Å²) in [4.78, 5) is 59.3. The fourth-order valence-electron chi connectivity index (χ4n) is 8.22. The van der Waals surface area contributed by atoms with Gasteiger partial charge in [-0.15, -0.1) is 0 Å². The minimum Gasteiger partial charge on any atom is -0.453 e. The number of carbonyl (C=O) groups excluding carboxylic acids is 3. The van der Waals surface area contributed by atoms with E-state index in [1.54, 1.807) is 11.1 Å². The summed E-state index contributed by atoms with van der Waals surface area (Å²) in [5, 5.41) is 2.63. The van der Waals surface area contributed by atoms with Gasteiger partial charge in [0.1, 0.15) is 17.7 Å². The van der Waals surface area contributed by atoms with Crippen LogP contribution in [0.4, 0.5) is 9.18 Å². The molecule has 12 nitrogen and oxygen atoms in total. The van der Waals surface area contributed by atoms with Crippen LogP contribution in [0, 0.1) is 35.5 Å². The van der Waals surface area contributed by atoms with Crippen molar-refractivity contribution in [3.8, 4) is 23.1 Å². The Bertz CT molecular complexity index is 2150. The highest BCUT2D eigenvalue weighted by Gasteiger charge is 2.50. The molecule has 3 amide bonds. The molecule has 19 heteroatoms. The molecular weight excluding hydrogens is 906 g/mol. The van der Waals surface area contributed by atoms with Crippen molar-refractivity contribution >= 4 is 110 Å². The number of alkyl halides is 1. The lowest BCUT2D eigenvalue weighted by atomic mass is 9.96. The van der Waals surface area contributed by atoms with E-state index >= 15 is 0 Å². The third-order valence-corrected chi connectivity index (χ3v) is 11.8. The van der Waals surface area contributed by atoms with Crippen molar-refractivity contribution in [1.82, 2.24) is 35.1 Å². The molecule has 7 rings (SSSR count). The molecule has 2 aromatic carbocycles. The molecule has 2 aromatic heterocycles. The van der Waals surface area contributed by atoms with E-state index in [1.807, 2.05) is 68.1 Å². The highest BCUT2D eigenvalue weighted by atomic mass is 32.1. The molecule has 0 radical (unpaired) electrons. The van der Waals surface area contributed by atoms with Gasteiger partial charge >= 0.3 is 6.09 Å². The van der Waals surface area contributed by atoms with Crippen molar-refractivity contribution in [2.45, 2.75) is 84.0 Å². The third-order valence-electron chi connectivity index (χ3n) is 11.8. The van der Waals surface area contributed by atoms with Crippen molar-refractivity contribution in [1.29, 1.82) is 0 Å². The number of amides is 3. The van der Waals surface area contributed by atoms with Gasteiger partial charge in [0, 0.05) is 42.5 Å². The van der Waals surface area contributed by atoms with Crippen molar-refractivity contribution in [2.24, 2.45) is 23.7 Å². The maximum absolute atomic E-state index is 13.9. The van der Waals surface area contributed by atoms with Crippen LogP contribution in [0.5, 0.6) is 0 Å². The van der Waals surface area contributed by atoms with E-state index in [4.69, 9.17) is 14.5 Å². The Morgan fingerprint density at radius 3 is 2.19 bits per heavy atom. The first-order valence-corrected chi connectivity index (χ1v) is 19.7. The third kappa shape index (κ3) is 12.2. The lowest BCUT2D eigenvalue weighted by Gasteiger charge is -2.30. The van der Waals surface area contributed by atoms with Crippen molar-refractivity contribution in [2.75, 3.05) is 33.5 Å². The van der Waals surface area contributed by atoms with E-state index in [0.717, 1.165) is 65.1 Å². The molecule has 344 valence electrons. The van der Waals surface area contributed by atoms with Crippen LogP contribution in [-0.2, 0) is 19.1 Å². The number of rotatable bonds is 9. The normalized spacial score (nSPS) is 21.0. The highest BCUT2D eigenvalue weighted by molar-refractivity contribution is 7.60. The number of nitrogens with one attached hydrogen (secondary N) is 3. The van der Waals surface area contributed by atoms with Gasteiger partial charge < -0.3 is 34.6 Å². The lowest BCUT2D eigenvalue weighted by Crippen LogP contribution is -2.51. The van der Waals surface area contributed by atoms with E-state index in [9.17, 15) is 18.8 Å². The molecule has 3 aliphatic heterocycles. The first-order valence-electron chi connectivity index (χ1n) is 19.7. The zero-order valence-electron chi connectivity index (χ0n) is 36.0. The molecule has 62 heavy (non-hydrogen) atoms. The SMILES string of the molecule is COC(=O)N[C@H](C(=O)N1C[C@@H](CF)C[C@H]1c1ncc(-c2ccc(C#Cc3ccc4nc([C@@H]5C[C@@]6(CCCO6)CN5C(=O)[C@@H](C)C(C)C)[nH]c4c3)cc2)[nH]1)C(C)C.S.S.S.S.S.S. The van der Waals surface area contributed by atoms with Gasteiger partial charge in [0.05, 0.1) is 60.9 Å². The molecule has 3 saturated heterocycles. The second-order valence-corrected chi connectivity index (χ2v) is 16.3. The molecule has 3 aliphatic rings. The van der Waals surface area contributed by atoms with E-state index < -0.39 is 24.9 Å². The van der Waals surface area contributed by atoms with Crippen LogP contribution < -0.4 is 5.32 Å². The molecule has 3 fully saturated rings. The Kier molecular flexibility index (Phi) is 22.3. The van der Waals surface area contributed by atoms with Gasteiger partial charge in [0.2, 0.25) is 11.8 Å². The Morgan fingerprint density at radius 2 is 1.58 bits per heavy atom. The number of methoxy groups -OCH3 is 1. The second kappa shape index (κ2) is 24.2. The number of aromatic amines is 2. The van der Waals surface area contributed by atoms with E-state index in [-0.39, 0.29) is 135 Å². The first kappa shape index (κ1) is 56.9. The zero-order valence-corrected chi connectivity index (χ0v) is 42.0. The maximum atomic E-state index is 13.9. The lowest BCUT2D eigenvalue weighted by molar-refractivity contribution is -0.138. The molecule has 0 unspecified atom stereocenters. The van der Waals surface area contributed by atoms with Crippen molar-refractivity contribution in [3.63, 3.8) is 0 Å². The van der Waals surface area contributed by atoms with Crippen LogP contribution in [0.15, 0.2) is 48.7 Å². The minimum atomic E-state index is -0.816. The van der Waals surface area contributed by atoms with Crippen LogP contribution in [0.2, 0.25) is 0 Å². The summed E-state index contributed by atoms with van der Waals surface area (Å²) in [5.74, 6) is 7.35. The summed E-state index contributed by atoms with van der Waals surface area (Å²) >= 11 is 0. The predicted molar refractivity (Wildman–Crippen MR) is 272 cm³/mol. The van der Waals surface area contributed by atoms with Crippen LogP contribution in [-0.4, -0.2) is 92.8 Å². The monoisotopic (exact) mass is 969 g/mol. The standard InChI is InChI=1S/C43H52FN7O5.6H2S/c1-25(2)27(5)40(52)51-24-43(16-7-17-56-43)20-36(51)39-46-32-15-12-29(18-33(32)47-39)9-8-28-10-13-31(14-11-28)34-22-45-38(48-34)35-19-30(21-44)23-50(35)41(53)37(26(3)4)49-42(54)55-6;;;;;;/h10-15,18,22,25-27,30,35-37H,7,16-17,19-21,23-24H2,1-6H3,(H,45,48)(H,46,47)(H,49,54);6*1H2/t27-,30+,35-,36-,37-,43-;;;;;;/m0....../s1. The summed E-state index contributed by atoms with van der Waals surface area (Å²) in [6.45, 7) is 10.9. The fourth-order valence-corrected chi connectivity index (χ4v) is 8.22. The number of hydrogen-bond acceptors (Lipinski definition) is 7. The number of alkyl carbamates (subject to hydrolysis) is 1. The summed E-state index contributed by atoms with van der Waals surface area (Å²) in [7, 11) is 1.25. The number of H-pyrrole nitrogens is 2. The number of halogens is 1. The van der Waals surface area contributed by atoms with E-state index in [1.165, 1.54) is 7.11 Å². The number of likely N-dealkylation sites (tertiary alicyclic amines) is 2. The average molecular weight is 970 g/mol. The quantitative estimate of drug-likeness (QED) is 0.149. The fraction of sp³-hybridized carbons (Fsp3) is 0.512. The Morgan fingerprint density at radius 1 is 0.903 bits per heavy atom. The Hall–Kier alpha value is -3.12. The number of carbonyl (C=O) groups is 3. The molecule has 0 bridgehead atoms. The van der Waals surface area contributed by atoms with Crippen molar-refractivity contribution < 1.29 is 28.2 Å². The van der Waals surface area contributed by atoms with Crippen LogP contribution in [0.25, 0.3) is 22.3 Å². The molecule has 0 aliphatic carbocycles. The summed E-state index contributed by atoms with van der Waals surface area (Å²) < 4.78 is 24.9. The zero-order chi connectivity index (χ0) is 39.7. The Labute approximate surface area is 406 Å². The topological polar surface area (TPSA) is 146 Å². The number of fused-ring (bicyclic) bond motifs is 1. The van der Waals surface area contributed by atoms with Gasteiger partial charge in [-0.2, -0.15) is 81.0 Å². The minimum absolute atomic E-state index is 0. The average Bonchev–Trinajstić information content (AvgIpc) is 4.05. The molecule has 4 aromatic rings. The van der Waals surface area contributed by atoms with Crippen molar-refractivity contribution in [3.05, 3.63) is 71.4 Å². The van der Waals surface area contributed by atoms with Gasteiger partial charge in [-0.25, -0.2) is 14.8 Å². The predicted octanol–water partition coefficient (Wildman–Crippen LogP) is 7.38. The number of hydrogen-bond donors (Lipinski definition) is 3. The maximum Gasteiger partial charge on any atom is 0.407 e. The molecular formula is C43H64FN7O5S6. The Balaban J connectivity index is 0.00000320. The van der Waals surface area contributed by atoms with Crippen LogP contribution in [0.3, 0.4) is 0 Å². The molecule has 0 saturated carbocycles. The number of benzene rings is 2. The summed E-state index contributed by atoms with van der Waals surface area (Å²) in [5.41, 5.74) is 4.71. The van der Waals surface area contributed by atoms with E-state index in [2.05, 4.69) is 46.0 Å². The molecule has 5 heterocycles. The van der Waals surface area contributed by atoms with Gasteiger partial charge in [0.25, 0.3) is 0 Å². The largest absolute Gasteiger partial charge is 0.453 e. The smallest absolute Gasteiger partial charge is 0.407 e.